The van der Waals surface area contributed by atoms with Crippen molar-refractivity contribution >= 4 is 5.97 Å². The third-order valence-electron chi connectivity index (χ3n) is 3.45. The van der Waals surface area contributed by atoms with E-state index in [9.17, 15) is 4.79 Å². The third-order valence-corrected chi connectivity index (χ3v) is 3.45. The Labute approximate surface area is 141 Å². The van der Waals surface area contributed by atoms with Gasteiger partial charge < -0.3 is 4.74 Å². The molecule has 122 valence electrons. The molecule has 0 saturated heterocycles. The topological polar surface area (TPSA) is 44.1 Å². The average Bonchev–Trinajstić information content (AvgIpc) is 3.04. The summed E-state index contributed by atoms with van der Waals surface area (Å²) < 4.78 is 7.40. The molecule has 3 aromatic rings. The Balaban J connectivity index is 1.88. The third kappa shape index (κ3) is 3.54. The first kappa shape index (κ1) is 16.0. The highest BCUT2D eigenvalue weighted by atomic mass is 16.6. The monoisotopic (exact) mass is 320 g/mol. The first-order valence-electron chi connectivity index (χ1n) is 7.86. The summed E-state index contributed by atoms with van der Waals surface area (Å²) in [6.07, 6.45) is 3.69. The molecule has 4 nitrogen and oxygen atoms in total. The van der Waals surface area contributed by atoms with Gasteiger partial charge in [0, 0.05) is 23.6 Å². The van der Waals surface area contributed by atoms with E-state index in [1.54, 1.807) is 18.3 Å². The fraction of sp³-hybridized carbons (Fsp3) is 0.200. The van der Waals surface area contributed by atoms with Gasteiger partial charge in [-0.25, -0.2) is 9.78 Å². The van der Waals surface area contributed by atoms with Gasteiger partial charge in [-0.1, -0.05) is 30.3 Å². The summed E-state index contributed by atoms with van der Waals surface area (Å²) in [7, 11) is 0. The number of rotatable bonds is 3. The summed E-state index contributed by atoms with van der Waals surface area (Å²) >= 11 is 0. The minimum absolute atomic E-state index is 0.319. The van der Waals surface area contributed by atoms with Gasteiger partial charge in [0.05, 0.1) is 5.56 Å². The second-order valence-corrected chi connectivity index (χ2v) is 6.54. The van der Waals surface area contributed by atoms with Gasteiger partial charge in [-0.05, 0) is 45.0 Å². The molecule has 3 rings (SSSR count). The number of hydrogen-bond donors (Lipinski definition) is 0. The molecule has 0 aliphatic rings. The number of nitrogens with zero attached hydrogens (tertiary/aromatic N) is 2. The van der Waals surface area contributed by atoms with E-state index in [2.05, 4.69) is 4.98 Å². The fourth-order valence-electron chi connectivity index (χ4n) is 2.41. The first-order valence-corrected chi connectivity index (χ1v) is 7.86. The van der Waals surface area contributed by atoms with Crippen molar-refractivity contribution in [1.82, 2.24) is 9.55 Å². The number of carbonyl (C=O) groups is 1. The molecular formula is C20H20N2O2. The van der Waals surface area contributed by atoms with Gasteiger partial charge in [0.15, 0.2) is 0 Å². The molecule has 0 N–H and O–H groups in total. The van der Waals surface area contributed by atoms with Crippen LogP contribution >= 0.6 is 0 Å². The highest BCUT2D eigenvalue weighted by Crippen LogP contribution is 2.22. The number of esters is 1. The predicted octanol–water partition coefficient (Wildman–Crippen LogP) is 4.49. The highest BCUT2D eigenvalue weighted by molar-refractivity contribution is 5.90. The molecule has 0 saturated carbocycles. The van der Waals surface area contributed by atoms with Crippen LogP contribution in [-0.2, 0) is 4.74 Å². The van der Waals surface area contributed by atoms with Crippen molar-refractivity contribution in [2.75, 3.05) is 0 Å². The van der Waals surface area contributed by atoms with Crippen molar-refractivity contribution in [2.24, 2.45) is 0 Å². The molecule has 24 heavy (non-hydrogen) atoms. The minimum atomic E-state index is -0.501. The van der Waals surface area contributed by atoms with E-state index < -0.39 is 5.60 Å². The Bertz CT molecular complexity index is 828. The Morgan fingerprint density at radius 1 is 1.00 bits per heavy atom. The molecule has 0 spiro atoms. The number of hydrogen-bond acceptors (Lipinski definition) is 3. The maximum Gasteiger partial charge on any atom is 0.338 e. The van der Waals surface area contributed by atoms with Crippen LogP contribution in [0.1, 0.15) is 31.1 Å². The lowest BCUT2D eigenvalue weighted by Gasteiger charge is -2.19. The number of para-hydroxylation sites is 1. The summed E-state index contributed by atoms with van der Waals surface area (Å²) in [5.74, 6) is 0.511. The molecule has 0 aliphatic heterocycles. The Kier molecular flexibility index (Phi) is 4.21. The second-order valence-electron chi connectivity index (χ2n) is 6.54. The molecule has 0 unspecified atom stereocenters. The van der Waals surface area contributed by atoms with E-state index in [0.717, 1.165) is 17.1 Å². The predicted molar refractivity (Wildman–Crippen MR) is 94.2 cm³/mol. The van der Waals surface area contributed by atoms with Crippen LogP contribution in [0.3, 0.4) is 0 Å². The summed E-state index contributed by atoms with van der Waals surface area (Å²) in [5.41, 5.74) is 2.02. The summed E-state index contributed by atoms with van der Waals surface area (Å²) in [4.78, 5) is 16.5. The summed E-state index contributed by atoms with van der Waals surface area (Å²) in [5, 5.41) is 0. The van der Waals surface area contributed by atoms with Gasteiger partial charge >= 0.3 is 5.97 Å². The standard InChI is InChI=1S/C20H20N2O2/c1-20(2,3)24-19(23)16-11-9-15(10-12-16)18-21-13-14-22(18)17-7-5-4-6-8-17/h4-14H,1-3H3. The van der Waals surface area contributed by atoms with Crippen molar-refractivity contribution in [3.05, 3.63) is 72.6 Å². The zero-order valence-electron chi connectivity index (χ0n) is 14.1. The van der Waals surface area contributed by atoms with Gasteiger partial charge in [0.25, 0.3) is 0 Å². The van der Waals surface area contributed by atoms with Gasteiger partial charge in [0.1, 0.15) is 11.4 Å². The van der Waals surface area contributed by atoms with Crippen LogP contribution in [0.2, 0.25) is 0 Å². The molecule has 0 atom stereocenters. The Morgan fingerprint density at radius 3 is 2.29 bits per heavy atom. The lowest BCUT2D eigenvalue weighted by Crippen LogP contribution is -2.23. The average molecular weight is 320 g/mol. The van der Waals surface area contributed by atoms with Gasteiger partial charge in [-0.15, -0.1) is 0 Å². The Morgan fingerprint density at radius 2 is 1.67 bits per heavy atom. The van der Waals surface area contributed by atoms with E-state index in [4.69, 9.17) is 4.74 Å². The maximum atomic E-state index is 12.1. The van der Waals surface area contributed by atoms with E-state index in [-0.39, 0.29) is 5.97 Å². The number of imidazole rings is 1. The first-order chi connectivity index (χ1) is 11.4. The van der Waals surface area contributed by atoms with Crippen LogP contribution in [0.25, 0.3) is 17.1 Å². The van der Waals surface area contributed by atoms with Gasteiger partial charge in [-0.3, -0.25) is 4.57 Å². The number of carbonyl (C=O) groups excluding carboxylic acids is 1. The molecule has 0 radical (unpaired) electrons. The molecule has 2 aromatic carbocycles. The van der Waals surface area contributed by atoms with Crippen LogP contribution in [0.15, 0.2) is 67.0 Å². The summed E-state index contributed by atoms with van der Waals surface area (Å²) in [6, 6.07) is 17.3. The zero-order valence-corrected chi connectivity index (χ0v) is 14.1. The molecule has 0 bridgehead atoms. The van der Waals surface area contributed by atoms with Crippen LogP contribution < -0.4 is 0 Å². The zero-order chi connectivity index (χ0) is 17.2. The largest absolute Gasteiger partial charge is 0.456 e. The maximum absolute atomic E-state index is 12.1. The second kappa shape index (κ2) is 6.32. The lowest BCUT2D eigenvalue weighted by molar-refractivity contribution is 0.00696. The minimum Gasteiger partial charge on any atom is -0.456 e. The van der Waals surface area contributed by atoms with Crippen LogP contribution in [-0.4, -0.2) is 21.1 Å². The van der Waals surface area contributed by atoms with E-state index in [1.165, 1.54) is 0 Å². The molecular weight excluding hydrogens is 300 g/mol. The smallest absolute Gasteiger partial charge is 0.338 e. The van der Waals surface area contributed by atoms with Crippen molar-refractivity contribution < 1.29 is 9.53 Å². The van der Waals surface area contributed by atoms with E-state index >= 15 is 0 Å². The van der Waals surface area contributed by atoms with E-state index in [1.807, 2.05) is 74.0 Å². The van der Waals surface area contributed by atoms with Crippen LogP contribution in [0.5, 0.6) is 0 Å². The van der Waals surface area contributed by atoms with Gasteiger partial charge in [0.2, 0.25) is 0 Å². The number of benzene rings is 2. The number of aromatic nitrogens is 2. The molecule has 0 aliphatic carbocycles. The molecule has 0 amide bonds. The van der Waals surface area contributed by atoms with Crippen molar-refractivity contribution in [3.8, 4) is 17.1 Å². The highest BCUT2D eigenvalue weighted by Gasteiger charge is 2.18. The molecule has 0 fully saturated rings. The molecule has 1 aromatic heterocycles. The lowest BCUT2D eigenvalue weighted by atomic mass is 10.1. The van der Waals surface area contributed by atoms with Crippen molar-refractivity contribution in [2.45, 2.75) is 26.4 Å². The molecule has 1 heterocycles. The van der Waals surface area contributed by atoms with Crippen LogP contribution in [0.4, 0.5) is 0 Å². The summed E-state index contributed by atoms with van der Waals surface area (Å²) in [6.45, 7) is 5.57. The fourth-order valence-corrected chi connectivity index (χ4v) is 2.41. The van der Waals surface area contributed by atoms with Gasteiger partial charge in [-0.2, -0.15) is 0 Å². The van der Waals surface area contributed by atoms with Crippen LogP contribution in [0, 0.1) is 0 Å². The number of ether oxygens (including phenoxy) is 1. The molecule has 4 heteroatoms. The normalized spacial score (nSPS) is 11.3. The van der Waals surface area contributed by atoms with Crippen molar-refractivity contribution in [3.63, 3.8) is 0 Å². The Hall–Kier alpha value is -2.88. The SMILES string of the molecule is CC(C)(C)OC(=O)c1ccc(-c2nccn2-c2ccccc2)cc1. The van der Waals surface area contributed by atoms with Crippen molar-refractivity contribution in [1.29, 1.82) is 0 Å². The quantitative estimate of drug-likeness (QED) is 0.668. The van der Waals surface area contributed by atoms with E-state index in [0.29, 0.717) is 5.56 Å².